The summed E-state index contributed by atoms with van der Waals surface area (Å²) >= 11 is 0. The van der Waals surface area contributed by atoms with Crippen molar-refractivity contribution in [2.24, 2.45) is 11.3 Å². The van der Waals surface area contributed by atoms with Crippen LogP contribution in [0.4, 0.5) is 5.82 Å². The fourth-order valence-corrected chi connectivity index (χ4v) is 4.15. The second-order valence-electron chi connectivity index (χ2n) is 8.81. The van der Waals surface area contributed by atoms with E-state index in [9.17, 15) is 4.79 Å². The summed E-state index contributed by atoms with van der Waals surface area (Å²) in [6, 6.07) is 8.10. The number of rotatable bonds is 4. The third-order valence-electron chi connectivity index (χ3n) is 6.18. The number of amides is 1. The van der Waals surface area contributed by atoms with Gasteiger partial charge in [-0.1, -0.05) is 19.9 Å². The molecular weight excluding hydrogens is 350 g/mol. The molecule has 3 heterocycles. The van der Waals surface area contributed by atoms with E-state index < -0.39 is 0 Å². The van der Waals surface area contributed by atoms with E-state index in [1.54, 1.807) is 6.20 Å². The molecule has 2 fully saturated rings. The minimum absolute atomic E-state index is 0.178. The molecule has 1 aliphatic heterocycles. The Balaban J connectivity index is 1.52. The van der Waals surface area contributed by atoms with Gasteiger partial charge in [0, 0.05) is 44.4 Å². The molecule has 1 saturated carbocycles. The Hall–Kier alpha value is -2.50. The van der Waals surface area contributed by atoms with Crippen molar-refractivity contribution in [1.82, 2.24) is 19.9 Å². The molecule has 28 heavy (non-hydrogen) atoms. The summed E-state index contributed by atoms with van der Waals surface area (Å²) in [7, 11) is 2.07. The van der Waals surface area contributed by atoms with Crippen molar-refractivity contribution in [3.05, 3.63) is 36.3 Å². The van der Waals surface area contributed by atoms with Crippen molar-refractivity contribution in [3.8, 4) is 11.4 Å². The first kappa shape index (κ1) is 18.8. The molecule has 2 atom stereocenters. The van der Waals surface area contributed by atoms with Crippen molar-refractivity contribution in [2.45, 2.75) is 46.1 Å². The van der Waals surface area contributed by atoms with Crippen LogP contribution in [0.15, 0.2) is 30.5 Å². The number of anilines is 1. The molecule has 2 unspecified atom stereocenters. The predicted molar refractivity (Wildman–Crippen MR) is 110 cm³/mol. The molecule has 4 rings (SSSR count). The number of likely N-dealkylation sites (N-methyl/N-ethyl adjacent to an activating group) is 1. The molecule has 6 heteroatoms. The first-order valence-corrected chi connectivity index (χ1v) is 10.1. The third-order valence-corrected chi connectivity index (χ3v) is 6.18. The summed E-state index contributed by atoms with van der Waals surface area (Å²) in [5.41, 5.74) is 1.86. The number of likely N-dealkylation sites (tertiary alicyclic amines) is 1. The van der Waals surface area contributed by atoms with Crippen LogP contribution in [0.25, 0.3) is 11.4 Å². The van der Waals surface area contributed by atoms with Gasteiger partial charge in [0.05, 0.1) is 11.4 Å². The number of hydrogen-bond donors (Lipinski definition) is 0. The van der Waals surface area contributed by atoms with Gasteiger partial charge in [-0.05, 0) is 43.7 Å². The first-order valence-electron chi connectivity index (χ1n) is 10.1. The fourth-order valence-electron chi connectivity index (χ4n) is 4.15. The quantitative estimate of drug-likeness (QED) is 0.815. The van der Waals surface area contributed by atoms with Gasteiger partial charge in [-0.25, -0.2) is 9.97 Å². The second kappa shape index (κ2) is 7.15. The van der Waals surface area contributed by atoms with Crippen LogP contribution >= 0.6 is 0 Å². The van der Waals surface area contributed by atoms with E-state index in [-0.39, 0.29) is 17.4 Å². The topological polar surface area (TPSA) is 62.2 Å². The van der Waals surface area contributed by atoms with E-state index in [4.69, 9.17) is 0 Å². The van der Waals surface area contributed by atoms with E-state index in [2.05, 4.69) is 45.6 Å². The Kier molecular flexibility index (Phi) is 4.81. The number of aryl methyl sites for hydroxylation is 1. The van der Waals surface area contributed by atoms with Crippen molar-refractivity contribution < 1.29 is 4.79 Å². The molecule has 1 aliphatic carbocycles. The Morgan fingerprint density at radius 2 is 2.04 bits per heavy atom. The van der Waals surface area contributed by atoms with Crippen LogP contribution in [0.1, 0.15) is 38.9 Å². The maximum absolute atomic E-state index is 12.8. The van der Waals surface area contributed by atoms with Crippen LogP contribution in [0.5, 0.6) is 0 Å². The smallest absolute Gasteiger partial charge is 0.226 e. The normalized spacial score (nSPS) is 23.4. The Labute approximate surface area is 167 Å². The maximum atomic E-state index is 12.8. The number of carbonyl (C=O) groups is 1. The lowest BCUT2D eigenvalue weighted by atomic mass is 10.0. The number of nitrogens with zero attached hydrogens (tertiary/aromatic N) is 5. The van der Waals surface area contributed by atoms with Gasteiger partial charge < -0.3 is 9.80 Å². The van der Waals surface area contributed by atoms with Crippen LogP contribution in [-0.4, -0.2) is 51.9 Å². The molecule has 0 aromatic carbocycles. The van der Waals surface area contributed by atoms with Crippen molar-refractivity contribution in [1.29, 1.82) is 0 Å². The van der Waals surface area contributed by atoms with Gasteiger partial charge in [0.1, 0.15) is 11.6 Å². The number of piperidine rings is 1. The summed E-state index contributed by atoms with van der Waals surface area (Å²) in [6.07, 6.45) is 4.89. The fraction of sp³-hybridized carbons (Fsp3) is 0.545. The van der Waals surface area contributed by atoms with Crippen LogP contribution < -0.4 is 4.90 Å². The minimum Gasteiger partial charge on any atom is -0.355 e. The lowest BCUT2D eigenvalue weighted by Crippen LogP contribution is -2.49. The summed E-state index contributed by atoms with van der Waals surface area (Å²) in [5.74, 6) is 2.15. The molecule has 6 nitrogen and oxygen atoms in total. The Morgan fingerprint density at radius 3 is 2.71 bits per heavy atom. The Bertz CT molecular complexity index is 866. The van der Waals surface area contributed by atoms with Crippen LogP contribution in [0, 0.1) is 18.3 Å². The lowest BCUT2D eigenvalue weighted by molar-refractivity contribution is -0.134. The molecule has 1 amide bonds. The zero-order chi connectivity index (χ0) is 19.9. The number of hydrogen-bond acceptors (Lipinski definition) is 5. The molecule has 1 saturated heterocycles. The molecule has 2 aromatic heterocycles. The van der Waals surface area contributed by atoms with Crippen LogP contribution in [0.2, 0.25) is 0 Å². The van der Waals surface area contributed by atoms with E-state index >= 15 is 0 Å². The van der Waals surface area contributed by atoms with Gasteiger partial charge >= 0.3 is 0 Å². The molecule has 0 spiro atoms. The minimum atomic E-state index is 0.178. The van der Waals surface area contributed by atoms with Gasteiger partial charge in [0.2, 0.25) is 5.91 Å². The highest BCUT2D eigenvalue weighted by atomic mass is 16.2. The third kappa shape index (κ3) is 3.73. The second-order valence-corrected chi connectivity index (χ2v) is 8.81. The highest BCUT2D eigenvalue weighted by Gasteiger charge is 2.52. The average Bonchev–Trinajstić information content (AvgIpc) is 3.35. The zero-order valence-electron chi connectivity index (χ0n) is 17.2. The van der Waals surface area contributed by atoms with Gasteiger partial charge in [-0.15, -0.1) is 0 Å². The van der Waals surface area contributed by atoms with Crippen LogP contribution in [-0.2, 0) is 4.79 Å². The first-order chi connectivity index (χ1) is 13.3. The highest BCUT2D eigenvalue weighted by molar-refractivity contribution is 5.82. The predicted octanol–water partition coefficient (Wildman–Crippen LogP) is 3.32. The Morgan fingerprint density at radius 1 is 1.25 bits per heavy atom. The van der Waals surface area contributed by atoms with E-state index in [1.807, 2.05) is 31.2 Å². The highest BCUT2D eigenvalue weighted by Crippen LogP contribution is 2.52. The van der Waals surface area contributed by atoms with Crippen molar-refractivity contribution in [2.75, 3.05) is 25.0 Å². The van der Waals surface area contributed by atoms with Gasteiger partial charge in [0.25, 0.3) is 0 Å². The average molecular weight is 380 g/mol. The molecule has 2 aliphatic rings. The van der Waals surface area contributed by atoms with Gasteiger partial charge in [-0.2, -0.15) is 0 Å². The monoisotopic (exact) mass is 379 g/mol. The number of aromatic nitrogens is 3. The van der Waals surface area contributed by atoms with E-state index in [1.165, 1.54) is 0 Å². The summed E-state index contributed by atoms with van der Waals surface area (Å²) in [6.45, 7) is 7.93. The molecule has 148 valence electrons. The van der Waals surface area contributed by atoms with E-state index in [0.29, 0.717) is 5.91 Å². The summed E-state index contributed by atoms with van der Waals surface area (Å²) in [5, 5.41) is 0. The number of carbonyl (C=O) groups excluding carboxylic acids is 1. The maximum Gasteiger partial charge on any atom is 0.226 e. The van der Waals surface area contributed by atoms with E-state index in [0.717, 1.165) is 55.4 Å². The van der Waals surface area contributed by atoms with Crippen molar-refractivity contribution >= 4 is 11.7 Å². The van der Waals surface area contributed by atoms with Gasteiger partial charge in [-0.3, -0.25) is 9.78 Å². The van der Waals surface area contributed by atoms with Crippen LogP contribution in [0.3, 0.4) is 0 Å². The standard InChI is InChI=1S/C22H29N5O/c1-15-24-19(18-9-5-6-10-23-18)12-20(25-15)26(4)16-8-7-11-27(14-16)21(28)17-13-22(17,2)3/h5-6,9-10,12,16-17H,7-8,11,13-14H2,1-4H3. The summed E-state index contributed by atoms with van der Waals surface area (Å²) in [4.78, 5) is 30.8. The molecule has 0 radical (unpaired) electrons. The largest absolute Gasteiger partial charge is 0.355 e. The molecule has 0 bridgehead atoms. The summed E-state index contributed by atoms with van der Waals surface area (Å²) < 4.78 is 0. The lowest BCUT2D eigenvalue weighted by Gasteiger charge is -2.38. The number of pyridine rings is 1. The molecule has 2 aromatic rings. The molecule has 0 N–H and O–H groups in total. The van der Waals surface area contributed by atoms with Crippen molar-refractivity contribution in [3.63, 3.8) is 0 Å². The SMILES string of the molecule is Cc1nc(-c2ccccn2)cc(N(C)C2CCCN(C(=O)C3CC3(C)C)C2)n1. The van der Waals surface area contributed by atoms with Gasteiger partial charge in [0.15, 0.2) is 0 Å². The molecular formula is C22H29N5O. The zero-order valence-corrected chi connectivity index (χ0v) is 17.2.